The van der Waals surface area contributed by atoms with Crippen LogP contribution < -0.4 is 9.64 Å². The van der Waals surface area contributed by atoms with Crippen LogP contribution in [0.15, 0.2) is 42.7 Å². The van der Waals surface area contributed by atoms with Gasteiger partial charge in [0.15, 0.2) is 5.82 Å². The van der Waals surface area contributed by atoms with E-state index in [1.54, 1.807) is 6.33 Å². The zero-order chi connectivity index (χ0) is 24.2. The van der Waals surface area contributed by atoms with Gasteiger partial charge in [0.25, 0.3) is 0 Å². The van der Waals surface area contributed by atoms with Crippen LogP contribution in [0, 0.1) is 18.3 Å². The zero-order valence-electron chi connectivity index (χ0n) is 20.1. The average Bonchev–Trinajstić information content (AvgIpc) is 3.35. The van der Waals surface area contributed by atoms with Crippen LogP contribution in [-0.2, 0) is 19.5 Å². The molecule has 0 fully saturated rings. The maximum atomic E-state index is 9.90. The number of aromatic nitrogens is 5. The van der Waals surface area contributed by atoms with Crippen molar-refractivity contribution in [1.29, 1.82) is 5.26 Å². The molecule has 3 aromatic heterocycles. The number of nitriles is 1. The third-order valence-corrected chi connectivity index (χ3v) is 7.35. The molecule has 2 aromatic carbocycles. The number of anilines is 1. The Morgan fingerprint density at radius 1 is 1.06 bits per heavy atom. The van der Waals surface area contributed by atoms with E-state index in [0.717, 1.165) is 87.7 Å². The third-order valence-electron chi connectivity index (χ3n) is 7.35. The lowest BCUT2D eigenvalue weighted by atomic mass is 10.0. The van der Waals surface area contributed by atoms with Gasteiger partial charge in [-0.3, -0.25) is 0 Å². The Kier molecular flexibility index (Phi) is 4.71. The van der Waals surface area contributed by atoms with Crippen molar-refractivity contribution >= 4 is 27.9 Å². The molecular formula is C28H25N7O. The van der Waals surface area contributed by atoms with E-state index in [-0.39, 0.29) is 0 Å². The van der Waals surface area contributed by atoms with Crippen LogP contribution in [0.3, 0.4) is 0 Å². The summed E-state index contributed by atoms with van der Waals surface area (Å²) >= 11 is 0. The highest BCUT2D eigenvalue weighted by Gasteiger charge is 2.27. The number of hydrogen-bond acceptors (Lipinski definition) is 6. The van der Waals surface area contributed by atoms with Gasteiger partial charge in [0.1, 0.15) is 41.6 Å². The Labute approximate surface area is 208 Å². The van der Waals surface area contributed by atoms with Gasteiger partial charge in [0, 0.05) is 24.3 Å². The Morgan fingerprint density at radius 2 is 1.94 bits per heavy atom. The highest BCUT2D eigenvalue weighted by molar-refractivity contribution is 5.92. The minimum absolute atomic E-state index is 0.565. The van der Waals surface area contributed by atoms with Crippen molar-refractivity contribution in [2.24, 2.45) is 0 Å². The molecule has 0 saturated carbocycles. The van der Waals surface area contributed by atoms with Crippen molar-refractivity contribution in [3.8, 4) is 22.9 Å². The van der Waals surface area contributed by atoms with Crippen LogP contribution in [0.5, 0.6) is 5.75 Å². The molecular weight excluding hydrogens is 450 g/mol. The second kappa shape index (κ2) is 8.09. The quantitative estimate of drug-likeness (QED) is 0.391. The van der Waals surface area contributed by atoms with Gasteiger partial charge in [-0.2, -0.15) is 5.26 Å². The number of H-pyrrole nitrogens is 1. The van der Waals surface area contributed by atoms with Gasteiger partial charge in [0.2, 0.25) is 0 Å². The monoisotopic (exact) mass is 475 g/mol. The number of nitrogens with zero attached hydrogens (tertiary/aromatic N) is 6. The SMILES string of the molecule is Cc1nc2ccc(-c3ccc4c(c3)CN(c3ncnc5c(C#N)c6n(c35)CCCC6)CCO4)cc2[nH]1. The van der Waals surface area contributed by atoms with E-state index in [0.29, 0.717) is 25.3 Å². The molecule has 1 N–H and O–H groups in total. The minimum Gasteiger partial charge on any atom is -0.491 e. The fourth-order valence-corrected chi connectivity index (χ4v) is 5.70. The Morgan fingerprint density at radius 3 is 2.86 bits per heavy atom. The van der Waals surface area contributed by atoms with E-state index in [9.17, 15) is 5.26 Å². The Hall–Kier alpha value is -4.38. The molecule has 0 amide bonds. The molecule has 2 aliphatic rings. The summed E-state index contributed by atoms with van der Waals surface area (Å²) < 4.78 is 8.43. The minimum atomic E-state index is 0.565. The number of rotatable bonds is 2. The summed E-state index contributed by atoms with van der Waals surface area (Å²) in [5.74, 6) is 2.69. The molecule has 0 radical (unpaired) electrons. The van der Waals surface area contributed by atoms with E-state index in [1.807, 2.05) is 6.92 Å². The summed E-state index contributed by atoms with van der Waals surface area (Å²) in [6.45, 7) is 4.81. The van der Waals surface area contributed by atoms with Gasteiger partial charge < -0.3 is 19.2 Å². The number of aryl methyl sites for hydroxylation is 2. The first-order valence-corrected chi connectivity index (χ1v) is 12.4. The van der Waals surface area contributed by atoms with Crippen molar-refractivity contribution in [2.45, 2.75) is 39.3 Å². The topological polar surface area (TPSA) is 95.7 Å². The molecule has 2 aliphatic heterocycles. The van der Waals surface area contributed by atoms with Crippen LogP contribution >= 0.6 is 0 Å². The van der Waals surface area contributed by atoms with Crippen LogP contribution in [-0.4, -0.2) is 37.7 Å². The van der Waals surface area contributed by atoms with Crippen LogP contribution in [0.25, 0.3) is 33.2 Å². The molecule has 7 rings (SSSR count). The molecule has 0 saturated heterocycles. The zero-order valence-corrected chi connectivity index (χ0v) is 20.1. The van der Waals surface area contributed by atoms with Gasteiger partial charge in [-0.1, -0.05) is 12.1 Å². The second-order valence-electron chi connectivity index (χ2n) is 9.58. The highest BCUT2D eigenvalue weighted by Crippen LogP contribution is 2.36. The lowest BCUT2D eigenvalue weighted by Gasteiger charge is -2.24. The number of aromatic amines is 1. The molecule has 8 heteroatoms. The van der Waals surface area contributed by atoms with Crippen molar-refractivity contribution < 1.29 is 4.74 Å². The summed E-state index contributed by atoms with van der Waals surface area (Å²) in [6, 6.07) is 15.1. The molecule has 5 heterocycles. The number of benzene rings is 2. The summed E-state index contributed by atoms with van der Waals surface area (Å²) in [5.41, 5.74) is 8.92. The first-order chi connectivity index (χ1) is 17.7. The molecule has 178 valence electrons. The van der Waals surface area contributed by atoms with E-state index in [2.05, 4.69) is 66.9 Å². The molecule has 5 aromatic rings. The molecule has 0 aliphatic carbocycles. The standard InChI is InChI=1S/C28H25N7O/c1-17-32-22-7-5-19(13-23(22)33-17)18-6-8-25-20(12-18)15-34(10-11-36-25)28-27-26(30-16-31-28)21(14-29)24-4-2-3-9-35(24)27/h5-8,12-13,16H,2-4,9-11,15H2,1H3,(H,32,33). The largest absolute Gasteiger partial charge is 0.491 e. The number of ether oxygens (including phenoxy) is 1. The summed E-state index contributed by atoms with van der Waals surface area (Å²) in [4.78, 5) is 19.4. The van der Waals surface area contributed by atoms with Crippen LogP contribution in [0.1, 0.15) is 35.5 Å². The molecule has 0 unspecified atom stereocenters. The number of nitrogens with one attached hydrogen (secondary N) is 1. The van der Waals surface area contributed by atoms with Crippen molar-refractivity contribution in [1.82, 2.24) is 24.5 Å². The average molecular weight is 476 g/mol. The van der Waals surface area contributed by atoms with Crippen molar-refractivity contribution in [2.75, 3.05) is 18.1 Å². The van der Waals surface area contributed by atoms with Gasteiger partial charge in [-0.05, 0) is 61.6 Å². The molecule has 0 atom stereocenters. The Bertz CT molecular complexity index is 1690. The van der Waals surface area contributed by atoms with Crippen LogP contribution in [0.2, 0.25) is 0 Å². The molecule has 0 bridgehead atoms. The number of hydrogen-bond donors (Lipinski definition) is 1. The van der Waals surface area contributed by atoms with Crippen LogP contribution in [0.4, 0.5) is 5.82 Å². The van der Waals surface area contributed by atoms with E-state index >= 15 is 0 Å². The fraction of sp³-hybridized carbons (Fsp3) is 0.286. The second-order valence-corrected chi connectivity index (χ2v) is 9.58. The van der Waals surface area contributed by atoms with Gasteiger partial charge >= 0.3 is 0 Å². The maximum Gasteiger partial charge on any atom is 0.157 e. The molecule has 0 spiro atoms. The Balaban J connectivity index is 1.31. The molecule has 8 nitrogen and oxygen atoms in total. The first kappa shape index (κ1) is 20.9. The third kappa shape index (κ3) is 3.23. The first-order valence-electron chi connectivity index (χ1n) is 12.4. The van der Waals surface area contributed by atoms with Gasteiger partial charge in [-0.25, -0.2) is 15.0 Å². The van der Waals surface area contributed by atoms with Crippen molar-refractivity contribution in [3.05, 3.63) is 65.4 Å². The van der Waals surface area contributed by atoms with E-state index in [1.165, 1.54) is 0 Å². The van der Waals surface area contributed by atoms with Gasteiger partial charge in [-0.15, -0.1) is 0 Å². The van der Waals surface area contributed by atoms with Gasteiger partial charge in [0.05, 0.1) is 23.1 Å². The summed E-state index contributed by atoms with van der Waals surface area (Å²) in [7, 11) is 0. The lowest BCUT2D eigenvalue weighted by Crippen LogP contribution is -2.27. The van der Waals surface area contributed by atoms with E-state index in [4.69, 9.17) is 9.72 Å². The number of imidazole rings is 1. The summed E-state index contributed by atoms with van der Waals surface area (Å²) in [6.07, 6.45) is 4.71. The lowest BCUT2D eigenvalue weighted by molar-refractivity contribution is 0.331. The predicted molar refractivity (Wildman–Crippen MR) is 138 cm³/mol. The highest BCUT2D eigenvalue weighted by atomic mass is 16.5. The maximum absolute atomic E-state index is 9.90. The fourth-order valence-electron chi connectivity index (χ4n) is 5.70. The van der Waals surface area contributed by atoms with Crippen molar-refractivity contribution in [3.63, 3.8) is 0 Å². The van der Waals surface area contributed by atoms with E-state index < -0.39 is 0 Å². The smallest absolute Gasteiger partial charge is 0.157 e. The predicted octanol–water partition coefficient (Wildman–Crippen LogP) is 4.89. The normalized spacial score (nSPS) is 15.3. The summed E-state index contributed by atoms with van der Waals surface area (Å²) in [5, 5.41) is 9.90. The molecule has 36 heavy (non-hydrogen) atoms. The number of fused-ring (bicyclic) bond motifs is 5.